The van der Waals surface area contributed by atoms with E-state index in [1.165, 1.54) is 69.9 Å². The fourth-order valence-corrected chi connectivity index (χ4v) is 2.37. The van der Waals surface area contributed by atoms with Gasteiger partial charge in [0.15, 0.2) is 0 Å². The number of aromatic nitrogens is 1. The Labute approximate surface area is 107 Å². The van der Waals surface area contributed by atoms with Crippen molar-refractivity contribution in [1.29, 1.82) is 0 Å². The summed E-state index contributed by atoms with van der Waals surface area (Å²) in [5, 5.41) is 0. The second-order valence-corrected chi connectivity index (χ2v) is 5.10. The average molecular weight is 235 g/mol. The minimum Gasteiger partial charge on any atom is -0.365 e. The fourth-order valence-electron chi connectivity index (χ4n) is 2.37. The van der Waals surface area contributed by atoms with Gasteiger partial charge in [-0.2, -0.15) is 0 Å². The van der Waals surface area contributed by atoms with Crippen LogP contribution in [0, 0.1) is 0 Å². The van der Waals surface area contributed by atoms with Crippen LogP contribution in [0.25, 0.3) is 0 Å². The van der Waals surface area contributed by atoms with E-state index in [1.54, 1.807) is 5.56 Å². The Bertz CT molecular complexity index is 248. The van der Waals surface area contributed by atoms with Crippen molar-refractivity contribution in [1.82, 2.24) is 4.98 Å². The van der Waals surface area contributed by atoms with Gasteiger partial charge in [-0.1, -0.05) is 52.4 Å². The first-order valence-electron chi connectivity index (χ1n) is 7.53. The summed E-state index contributed by atoms with van der Waals surface area (Å²) >= 11 is 0. The van der Waals surface area contributed by atoms with E-state index >= 15 is 0 Å². The zero-order chi connectivity index (χ0) is 12.3. The van der Waals surface area contributed by atoms with E-state index in [-0.39, 0.29) is 0 Å². The van der Waals surface area contributed by atoms with E-state index in [1.807, 2.05) is 0 Å². The summed E-state index contributed by atoms with van der Waals surface area (Å²) < 4.78 is 0. The topological polar surface area (TPSA) is 15.8 Å². The van der Waals surface area contributed by atoms with Gasteiger partial charge in [0.25, 0.3) is 0 Å². The summed E-state index contributed by atoms with van der Waals surface area (Å²) in [6, 6.07) is 2.28. The largest absolute Gasteiger partial charge is 0.365 e. The molecule has 0 unspecified atom stereocenters. The first kappa shape index (κ1) is 14.3. The fraction of sp³-hybridized carbons (Fsp3) is 0.750. The molecule has 0 aliphatic carbocycles. The molecule has 0 spiro atoms. The van der Waals surface area contributed by atoms with Gasteiger partial charge in [0.05, 0.1) is 0 Å². The maximum absolute atomic E-state index is 3.42. The van der Waals surface area contributed by atoms with Gasteiger partial charge in [0.2, 0.25) is 0 Å². The quantitative estimate of drug-likeness (QED) is 0.532. The summed E-state index contributed by atoms with van der Waals surface area (Å²) in [5.74, 6) is 0. The highest BCUT2D eigenvalue weighted by molar-refractivity contribution is 5.20. The van der Waals surface area contributed by atoms with Crippen molar-refractivity contribution in [2.45, 2.75) is 78.1 Å². The maximum Gasteiger partial charge on any atom is 0.0179 e. The van der Waals surface area contributed by atoms with E-state index in [4.69, 9.17) is 0 Å². The highest BCUT2D eigenvalue weighted by atomic mass is 14.7. The molecule has 0 saturated heterocycles. The number of unbranched alkanes of at least 4 members (excludes halogenated alkanes) is 6. The van der Waals surface area contributed by atoms with Crippen LogP contribution in [-0.2, 0) is 12.8 Å². The second kappa shape index (κ2) is 9.32. The minimum atomic E-state index is 1.25. The van der Waals surface area contributed by atoms with Crippen LogP contribution < -0.4 is 0 Å². The Morgan fingerprint density at radius 2 is 1.47 bits per heavy atom. The number of nitrogens with one attached hydrogen (secondary N) is 1. The molecule has 0 bridgehead atoms. The van der Waals surface area contributed by atoms with Gasteiger partial charge in [-0.15, -0.1) is 0 Å². The molecular weight excluding hydrogens is 206 g/mol. The molecule has 0 saturated carbocycles. The molecule has 98 valence electrons. The zero-order valence-corrected chi connectivity index (χ0v) is 11.7. The normalized spacial score (nSPS) is 10.9. The van der Waals surface area contributed by atoms with Gasteiger partial charge >= 0.3 is 0 Å². The lowest BCUT2D eigenvalue weighted by atomic mass is 10.0. The Kier molecular flexibility index (Phi) is 7.87. The molecule has 0 radical (unpaired) electrons. The van der Waals surface area contributed by atoms with Crippen molar-refractivity contribution in [2.24, 2.45) is 0 Å². The van der Waals surface area contributed by atoms with Crippen molar-refractivity contribution < 1.29 is 0 Å². The van der Waals surface area contributed by atoms with Gasteiger partial charge in [0.1, 0.15) is 0 Å². The predicted molar refractivity (Wildman–Crippen MR) is 76.5 cm³/mol. The molecule has 1 N–H and O–H groups in total. The van der Waals surface area contributed by atoms with Gasteiger partial charge in [0, 0.05) is 11.9 Å². The molecular formula is C16H29N. The maximum atomic E-state index is 3.42. The van der Waals surface area contributed by atoms with Crippen LogP contribution in [0.2, 0.25) is 0 Å². The van der Waals surface area contributed by atoms with E-state index in [0.29, 0.717) is 0 Å². The number of aromatic amines is 1. The molecule has 0 aliphatic rings. The van der Waals surface area contributed by atoms with Gasteiger partial charge in [-0.25, -0.2) is 0 Å². The van der Waals surface area contributed by atoms with E-state index in [0.717, 1.165) is 0 Å². The lowest BCUT2D eigenvalue weighted by Gasteiger charge is -2.04. The first-order valence-corrected chi connectivity index (χ1v) is 7.53. The highest BCUT2D eigenvalue weighted by Gasteiger charge is 2.03. The van der Waals surface area contributed by atoms with Crippen molar-refractivity contribution in [2.75, 3.05) is 0 Å². The highest BCUT2D eigenvalue weighted by Crippen LogP contribution is 2.15. The number of rotatable bonds is 10. The molecule has 1 aromatic rings. The summed E-state index contributed by atoms with van der Waals surface area (Å²) in [4.78, 5) is 3.42. The van der Waals surface area contributed by atoms with Crippen LogP contribution in [0.15, 0.2) is 12.3 Å². The predicted octanol–water partition coefficient (Wildman–Crippen LogP) is 5.26. The Morgan fingerprint density at radius 1 is 0.824 bits per heavy atom. The lowest BCUT2D eigenvalue weighted by molar-refractivity contribution is 0.647. The molecule has 1 aromatic heterocycles. The second-order valence-electron chi connectivity index (χ2n) is 5.10. The summed E-state index contributed by atoms with van der Waals surface area (Å²) in [5.41, 5.74) is 3.07. The molecule has 0 fully saturated rings. The summed E-state index contributed by atoms with van der Waals surface area (Å²) in [6.07, 6.45) is 15.5. The molecule has 0 atom stereocenters. The third kappa shape index (κ3) is 5.95. The zero-order valence-electron chi connectivity index (χ0n) is 11.7. The van der Waals surface area contributed by atoms with Crippen LogP contribution in [0.3, 0.4) is 0 Å². The van der Waals surface area contributed by atoms with E-state index in [2.05, 4.69) is 31.1 Å². The molecule has 1 nitrogen and oxygen atoms in total. The van der Waals surface area contributed by atoms with Gasteiger partial charge in [-0.05, 0) is 37.3 Å². The SMILES string of the molecule is CCCCCCc1cc[nH]c1CCCCCC. The monoisotopic (exact) mass is 235 g/mol. The lowest BCUT2D eigenvalue weighted by Crippen LogP contribution is -1.93. The van der Waals surface area contributed by atoms with Crippen LogP contribution >= 0.6 is 0 Å². The van der Waals surface area contributed by atoms with E-state index in [9.17, 15) is 0 Å². The van der Waals surface area contributed by atoms with Crippen molar-refractivity contribution in [3.8, 4) is 0 Å². The van der Waals surface area contributed by atoms with Crippen LogP contribution in [0.5, 0.6) is 0 Å². The van der Waals surface area contributed by atoms with E-state index < -0.39 is 0 Å². The third-order valence-corrected chi connectivity index (χ3v) is 3.51. The molecule has 0 amide bonds. The molecule has 1 rings (SSSR count). The molecule has 0 aliphatic heterocycles. The Morgan fingerprint density at radius 3 is 2.12 bits per heavy atom. The third-order valence-electron chi connectivity index (χ3n) is 3.51. The van der Waals surface area contributed by atoms with Gasteiger partial charge in [-0.3, -0.25) is 0 Å². The molecule has 1 heterocycles. The molecule has 0 aromatic carbocycles. The Hall–Kier alpha value is -0.720. The van der Waals surface area contributed by atoms with Gasteiger partial charge < -0.3 is 4.98 Å². The first-order chi connectivity index (χ1) is 8.38. The standard InChI is InChI=1S/C16H29N/c1-3-5-7-9-11-15-13-14-17-16(15)12-10-8-6-4-2/h13-14,17H,3-12H2,1-2H3. The average Bonchev–Trinajstić information content (AvgIpc) is 2.78. The number of hydrogen-bond acceptors (Lipinski definition) is 0. The summed E-state index contributed by atoms with van der Waals surface area (Å²) in [7, 11) is 0. The number of hydrogen-bond donors (Lipinski definition) is 1. The number of aryl methyl sites for hydroxylation is 2. The molecule has 17 heavy (non-hydrogen) atoms. The summed E-state index contributed by atoms with van der Waals surface area (Å²) in [6.45, 7) is 4.54. The number of H-pyrrole nitrogens is 1. The smallest absolute Gasteiger partial charge is 0.0179 e. The minimum absolute atomic E-state index is 1.25. The van der Waals surface area contributed by atoms with Crippen molar-refractivity contribution >= 4 is 0 Å². The Balaban J connectivity index is 2.22. The van der Waals surface area contributed by atoms with Crippen LogP contribution in [0.1, 0.15) is 76.5 Å². The molecule has 1 heteroatoms. The van der Waals surface area contributed by atoms with Crippen molar-refractivity contribution in [3.63, 3.8) is 0 Å². The van der Waals surface area contributed by atoms with Crippen LogP contribution in [-0.4, -0.2) is 4.98 Å². The van der Waals surface area contributed by atoms with Crippen molar-refractivity contribution in [3.05, 3.63) is 23.5 Å². The van der Waals surface area contributed by atoms with Crippen LogP contribution in [0.4, 0.5) is 0 Å².